The minimum Gasteiger partial charge on any atom is -0.292 e. The first-order chi connectivity index (χ1) is 8.97. The number of amides is 2. The zero-order chi connectivity index (χ0) is 14.0. The van der Waals surface area contributed by atoms with Crippen LogP contribution in [-0.4, -0.2) is 11.8 Å². The number of carbonyl (C=O) groups is 2. The lowest BCUT2D eigenvalue weighted by Crippen LogP contribution is -2.19. The molecule has 100 valence electrons. The van der Waals surface area contributed by atoms with Crippen LogP contribution in [0.15, 0.2) is 29.8 Å². The van der Waals surface area contributed by atoms with Gasteiger partial charge in [0.15, 0.2) is 0 Å². The van der Waals surface area contributed by atoms with Gasteiger partial charge in [-0.3, -0.25) is 14.9 Å². The Hall–Kier alpha value is -1.90. The molecule has 2 amide bonds. The van der Waals surface area contributed by atoms with E-state index in [-0.39, 0.29) is 18.2 Å². The standard InChI is InChI=1S/C16H19NO2/c1-10(2)8-12-4-6-13(7-5-12)11(3)14-9-15(18)17-16(14)19/h4-7,10H,8-9H2,1-3H3,(H,17,18,19). The molecule has 1 saturated heterocycles. The van der Waals surface area contributed by atoms with Crippen molar-refractivity contribution in [1.82, 2.24) is 5.32 Å². The van der Waals surface area contributed by atoms with Crippen molar-refractivity contribution < 1.29 is 9.59 Å². The Morgan fingerprint density at radius 3 is 2.32 bits per heavy atom. The molecule has 1 aliphatic rings. The summed E-state index contributed by atoms with van der Waals surface area (Å²) in [6.45, 7) is 6.27. The Kier molecular flexibility index (Phi) is 3.84. The van der Waals surface area contributed by atoms with Crippen LogP contribution in [0, 0.1) is 5.92 Å². The fraction of sp³-hybridized carbons (Fsp3) is 0.375. The molecule has 0 aromatic heterocycles. The Bertz CT molecular complexity index is 538. The lowest BCUT2D eigenvalue weighted by Gasteiger charge is -2.08. The Balaban J connectivity index is 2.25. The Morgan fingerprint density at radius 1 is 1.21 bits per heavy atom. The van der Waals surface area contributed by atoms with Crippen LogP contribution in [0.2, 0.25) is 0 Å². The van der Waals surface area contributed by atoms with E-state index in [9.17, 15) is 9.59 Å². The maximum atomic E-state index is 11.6. The average molecular weight is 257 g/mol. The predicted molar refractivity (Wildman–Crippen MR) is 75.3 cm³/mol. The molecule has 0 unspecified atom stereocenters. The summed E-state index contributed by atoms with van der Waals surface area (Å²) in [4.78, 5) is 22.8. The van der Waals surface area contributed by atoms with Gasteiger partial charge in [-0.1, -0.05) is 38.1 Å². The third kappa shape index (κ3) is 3.11. The first kappa shape index (κ1) is 13.5. The molecule has 0 spiro atoms. The quantitative estimate of drug-likeness (QED) is 0.668. The highest BCUT2D eigenvalue weighted by molar-refractivity contribution is 6.17. The molecule has 0 radical (unpaired) electrons. The normalized spacial score (nSPS) is 17.9. The molecule has 1 aromatic carbocycles. The molecule has 0 bridgehead atoms. The summed E-state index contributed by atoms with van der Waals surface area (Å²) in [6, 6.07) is 8.23. The largest absolute Gasteiger partial charge is 0.292 e. The minimum absolute atomic E-state index is 0.193. The predicted octanol–water partition coefficient (Wildman–Crippen LogP) is 2.71. The molecular formula is C16H19NO2. The maximum absolute atomic E-state index is 11.6. The number of rotatable bonds is 3. The summed E-state index contributed by atoms with van der Waals surface area (Å²) in [6.07, 6.45) is 1.24. The number of benzene rings is 1. The van der Waals surface area contributed by atoms with Crippen molar-refractivity contribution in [2.45, 2.75) is 33.6 Å². The van der Waals surface area contributed by atoms with Crippen molar-refractivity contribution in [2.24, 2.45) is 5.92 Å². The van der Waals surface area contributed by atoms with E-state index in [2.05, 4.69) is 31.3 Å². The molecule has 3 nitrogen and oxygen atoms in total. The molecule has 1 aromatic rings. The van der Waals surface area contributed by atoms with Gasteiger partial charge in [0, 0.05) is 5.57 Å². The highest BCUT2D eigenvalue weighted by Gasteiger charge is 2.26. The van der Waals surface area contributed by atoms with Gasteiger partial charge in [0.2, 0.25) is 5.91 Å². The smallest absolute Gasteiger partial charge is 0.254 e. The van der Waals surface area contributed by atoms with Crippen LogP contribution in [0.1, 0.15) is 38.3 Å². The fourth-order valence-corrected chi connectivity index (χ4v) is 2.33. The molecular weight excluding hydrogens is 238 g/mol. The molecule has 2 rings (SSSR count). The third-order valence-electron chi connectivity index (χ3n) is 3.35. The third-order valence-corrected chi connectivity index (χ3v) is 3.35. The van der Waals surface area contributed by atoms with Crippen LogP contribution in [-0.2, 0) is 16.0 Å². The molecule has 0 aliphatic carbocycles. The first-order valence-electron chi connectivity index (χ1n) is 6.60. The van der Waals surface area contributed by atoms with E-state index in [1.165, 1.54) is 5.56 Å². The first-order valence-corrected chi connectivity index (χ1v) is 6.60. The van der Waals surface area contributed by atoms with Crippen molar-refractivity contribution in [2.75, 3.05) is 0 Å². The lowest BCUT2D eigenvalue weighted by molar-refractivity contribution is -0.124. The second-order valence-electron chi connectivity index (χ2n) is 5.45. The molecule has 0 atom stereocenters. The maximum Gasteiger partial charge on any atom is 0.254 e. The van der Waals surface area contributed by atoms with Crippen molar-refractivity contribution >= 4 is 17.4 Å². The highest BCUT2D eigenvalue weighted by Crippen LogP contribution is 2.24. The van der Waals surface area contributed by atoms with E-state index < -0.39 is 0 Å². The van der Waals surface area contributed by atoms with Gasteiger partial charge in [-0.2, -0.15) is 0 Å². The summed E-state index contributed by atoms with van der Waals surface area (Å²) >= 11 is 0. The van der Waals surface area contributed by atoms with Gasteiger partial charge < -0.3 is 0 Å². The van der Waals surface area contributed by atoms with E-state index in [4.69, 9.17) is 0 Å². The van der Waals surface area contributed by atoms with Gasteiger partial charge in [0.1, 0.15) is 0 Å². The molecule has 19 heavy (non-hydrogen) atoms. The van der Waals surface area contributed by atoms with Gasteiger partial charge in [0.25, 0.3) is 5.91 Å². The van der Waals surface area contributed by atoms with Crippen molar-refractivity contribution in [1.29, 1.82) is 0 Å². The number of imide groups is 1. The summed E-state index contributed by atoms with van der Waals surface area (Å²) in [7, 11) is 0. The lowest BCUT2D eigenvalue weighted by atomic mass is 9.97. The van der Waals surface area contributed by atoms with Gasteiger partial charge in [-0.15, -0.1) is 0 Å². The number of allylic oxidation sites excluding steroid dienone is 1. The Morgan fingerprint density at radius 2 is 1.84 bits per heavy atom. The fourth-order valence-electron chi connectivity index (χ4n) is 2.33. The molecule has 1 N–H and O–H groups in total. The number of hydrogen-bond acceptors (Lipinski definition) is 2. The summed E-state index contributed by atoms with van der Waals surface area (Å²) in [5, 5.41) is 2.32. The summed E-state index contributed by atoms with van der Waals surface area (Å²) in [5.74, 6) is 0.160. The topological polar surface area (TPSA) is 46.2 Å². The average Bonchev–Trinajstić information content (AvgIpc) is 2.68. The second-order valence-corrected chi connectivity index (χ2v) is 5.45. The van der Waals surface area contributed by atoms with Crippen LogP contribution in [0.4, 0.5) is 0 Å². The van der Waals surface area contributed by atoms with Crippen molar-refractivity contribution in [3.8, 4) is 0 Å². The van der Waals surface area contributed by atoms with E-state index in [1.807, 2.05) is 19.1 Å². The molecule has 3 heteroatoms. The molecule has 0 saturated carbocycles. The van der Waals surface area contributed by atoms with Crippen LogP contribution in [0.5, 0.6) is 0 Å². The van der Waals surface area contributed by atoms with Gasteiger partial charge in [0.05, 0.1) is 6.42 Å². The van der Waals surface area contributed by atoms with Crippen molar-refractivity contribution in [3.63, 3.8) is 0 Å². The number of nitrogens with one attached hydrogen (secondary N) is 1. The summed E-state index contributed by atoms with van der Waals surface area (Å²) < 4.78 is 0. The minimum atomic E-state index is -0.256. The zero-order valence-corrected chi connectivity index (χ0v) is 11.6. The molecule has 1 heterocycles. The SMILES string of the molecule is CC(=C1CC(=O)NC1=O)c1ccc(CC(C)C)cc1. The summed E-state index contributed by atoms with van der Waals surface area (Å²) in [5.41, 5.74) is 3.77. The second kappa shape index (κ2) is 5.39. The van der Waals surface area contributed by atoms with Crippen LogP contribution in [0.3, 0.4) is 0 Å². The van der Waals surface area contributed by atoms with Gasteiger partial charge >= 0.3 is 0 Å². The number of carbonyl (C=O) groups excluding carboxylic acids is 2. The molecule has 1 aliphatic heterocycles. The van der Waals surface area contributed by atoms with Gasteiger partial charge in [-0.05, 0) is 36.0 Å². The van der Waals surface area contributed by atoms with E-state index in [0.717, 1.165) is 17.6 Å². The molecule has 1 fully saturated rings. The van der Waals surface area contributed by atoms with E-state index in [0.29, 0.717) is 11.5 Å². The van der Waals surface area contributed by atoms with E-state index >= 15 is 0 Å². The monoisotopic (exact) mass is 257 g/mol. The van der Waals surface area contributed by atoms with Crippen LogP contribution >= 0.6 is 0 Å². The van der Waals surface area contributed by atoms with Crippen LogP contribution < -0.4 is 5.32 Å². The van der Waals surface area contributed by atoms with Crippen molar-refractivity contribution in [3.05, 3.63) is 41.0 Å². The van der Waals surface area contributed by atoms with Crippen LogP contribution in [0.25, 0.3) is 5.57 Å². The van der Waals surface area contributed by atoms with E-state index in [1.54, 1.807) is 0 Å². The highest BCUT2D eigenvalue weighted by atomic mass is 16.2. The number of hydrogen-bond donors (Lipinski definition) is 1. The Labute approximate surface area is 113 Å². The van der Waals surface area contributed by atoms with Gasteiger partial charge in [-0.25, -0.2) is 0 Å². The zero-order valence-electron chi connectivity index (χ0n) is 11.6.